The molecule has 2 heterocycles. The second-order valence-corrected chi connectivity index (χ2v) is 8.87. The summed E-state index contributed by atoms with van der Waals surface area (Å²) in [7, 11) is 0. The molecule has 0 aliphatic rings. The number of benzene rings is 1. The lowest BCUT2D eigenvalue weighted by atomic mass is 10.2. The van der Waals surface area contributed by atoms with E-state index in [9.17, 15) is 0 Å². The highest BCUT2D eigenvalue weighted by atomic mass is 35.5. The quantitative estimate of drug-likeness (QED) is 0.505. The second kappa shape index (κ2) is 8.29. The number of nitrogens with zero attached hydrogens (tertiary/aromatic N) is 3. The van der Waals surface area contributed by atoms with Gasteiger partial charge in [0.25, 0.3) is 5.19 Å². The summed E-state index contributed by atoms with van der Waals surface area (Å²) in [5.74, 6) is 0.785. The Morgan fingerprint density at radius 1 is 1.21 bits per heavy atom. The Morgan fingerprint density at radius 2 is 2.00 bits per heavy atom. The summed E-state index contributed by atoms with van der Waals surface area (Å²) >= 11 is 10.7. The van der Waals surface area contributed by atoms with Crippen LogP contribution in [-0.4, -0.2) is 21.3 Å². The van der Waals surface area contributed by atoms with E-state index in [-0.39, 0.29) is 6.10 Å². The van der Waals surface area contributed by atoms with Gasteiger partial charge in [0.05, 0.1) is 16.8 Å². The molecule has 0 fully saturated rings. The first kappa shape index (κ1) is 17.7. The molecule has 1 aromatic carbocycles. The number of hydrogen-bond acceptors (Lipinski definition) is 7. The normalized spacial score (nSPS) is 11.2. The number of ether oxygens (including phenoxy) is 1. The van der Waals surface area contributed by atoms with Gasteiger partial charge in [0.15, 0.2) is 4.34 Å². The second-order valence-electron chi connectivity index (χ2n) is 5.32. The number of halogens is 1. The van der Waals surface area contributed by atoms with Crippen molar-refractivity contribution in [3.8, 4) is 5.19 Å². The zero-order valence-electron chi connectivity index (χ0n) is 13.2. The van der Waals surface area contributed by atoms with Gasteiger partial charge in [-0.3, -0.25) is 0 Å². The van der Waals surface area contributed by atoms with Crippen LogP contribution < -0.4 is 4.74 Å². The average molecular weight is 398 g/mol. The van der Waals surface area contributed by atoms with Gasteiger partial charge in [-0.15, -0.1) is 16.4 Å². The maximum absolute atomic E-state index is 5.91. The van der Waals surface area contributed by atoms with Gasteiger partial charge in [-0.25, -0.2) is 4.98 Å². The van der Waals surface area contributed by atoms with Crippen molar-refractivity contribution in [2.45, 2.75) is 36.5 Å². The molecular formula is C16H16ClN3OS3. The highest BCUT2D eigenvalue weighted by molar-refractivity contribution is 8.00. The van der Waals surface area contributed by atoms with E-state index in [2.05, 4.69) is 20.6 Å². The molecule has 3 rings (SSSR count). The van der Waals surface area contributed by atoms with Crippen molar-refractivity contribution in [2.24, 2.45) is 0 Å². The third-order valence-corrected chi connectivity index (χ3v) is 6.07. The minimum Gasteiger partial charge on any atom is -0.466 e. The Balaban J connectivity index is 1.54. The van der Waals surface area contributed by atoms with E-state index >= 15 is 0 Å². The Labute approximate surface area is 158 Å². The monoisotopic (exact) mass is 397 g/mol. The van der Waals surface area contributed by atoms with Crippen LogP contribution in [0.4, 0.5) is 0 Å². The molecule has 0 bridgehead atoms. The molecule has 126 valence electrons. The van der Waals surface area contributed by atoms with Crippen molar-refractivity contribution >= 4 is 46.0 Å². The van der Waals surface area contributed by atoms with Crippen molar-refractivity contribution in [3.63, 3.8) is 0 Å². The maximum Gasteiger partial charge on any atom is 0.295 e. The van der Waals surface area contributed by atoms with E-state index in [1.165, 1.54) is 16.9 Å². The van der Waals surface area contributed by atoms with Crippen LogP contribution in [0.2, 0.25) is 5.02 Å². The van der Waals surface area contributed by atoms with Gasteiger partial charge in [-0.1, -0.05) is 40.6 Å². The number of aromatic nitrogens is 3. The molecule has 24 heavy (non-hydrogen) atoms. The molecule has 0 saturated heterocycles. The molecule has 2 aromatic heterocycles. The summed E-state index contributed by atoms with van der Waals surface area (Å²) < 4.78 is 6.44. The van der Waals surface area contributed by atoms with Crippen LogP contribution >= 0.6 is 46.0 Å². The topological polar surface area (TPSA) is 47.9 Å². The standard InChI is InChI=1S/C16H16ClN3OS3/c1-10(2)21-15-19-20-16(24-15)23-9-13-8-22-14(18-13)7-11-3-5-12(17)6-4-11/h3-6,8,10H,7,9H2,1-2H3. The van der Waals surface area contributed by atoms with Gasteiger partial charge in [-0.05, 0) is 42.9 Å². The Hall–Kier alpha value is -1.15. The molecule has 0 spiro atoms. The number of thiazole rings is 1. The molecular weight excluding hydrogens is 382 g/mol. The van der Waals surface area contributed by atoms with E-state index in [0.717, 1.165) is 32.2 Å². The SMILES string of the molecule is CC(C)Oc1nnc(SCc2csc(Cc3ccc(Cl)cc3)n2)s1. The molecule has 0 aliphatic heterocycles. The van der Waals surface area contributed by atoms with Crippen molar-refractivity contribution in [1.82, 2.24) is 15.2 Å². The van der Waals surface area contributed by atoms with Crippen LogP contribution in [-0.2, 0) is 12.2 Å². The predicted octanol–water partition coefficient (Wildman–Crippen LogP) is 5.32. The average Bonchev–Trinajstić information content (AvgIpc) is 3.16. The van der Waals surface area contributed by atoms with Crippen molar-refractivity contribution in [1.29, 1.82) is 0 Å². The van der Waals surface area contributed by atoms with Gasteiger partial charge in [-0.2, -0.15) is 0 Å². The lowest BCUT2D eigenvalue weighted by Crippen LogP contribution is -2.04. The van der Waals surface area contributed by atoms with Crippen LogP contribution in [0.25, 0.3) is 0 Å². The van der Waals surface area contributed by atoms with E-state index in [4.69, 9.17) is 16.3 Å². The number of rotatable bonds is 7. The van der Waals surface area contributed by atoms with E-state index in [1.807, 2.05) is 38.1 Å². The molecule has 0 radical (unpaired) electrons. The molecule has 0 saturated carbocycles. The van der Waals surface area contributed by atoms with Gasteiger partial charge in [0.2, 0.25) is 0 Å². The van der Waals surface area contributed by atoms with Gasteiger partial charge in [0.1, 0.15) is 0 Å². The summed E-state index contributed by atoms with van der Waals surface area (Å²) in [4.78, 5) is 4.69. The first-order valence-electron chi connectivity index (χ1n) is 7.39. The minimum atomic E-state index is 0.116. The summed E-state index contributed by atoms with van der Waals surface area (Å²) in [6.07, 6.45) is 0.947. The molecule has 0 unspecified atom stereocenters. The van der Waals surface area contributed by atoms with Crippen molar-refractivity contribution < 1.29 is 4.74 Å². The van der Waals surface area contributed by atoms with Crippen LogP contribution in [0, 0.1) is 0 Å². The van der Waals surface area contributed by atoms with E-state index in [1.54, 1.807) is 23.1 Å². The molecule has 0 N–H and O–H groups in total. The summed E-state index contributed by atoms with van der Waals surface area (Å²) in [6, 6.07) is 7.90. The highest BCUT2D eigenvalue weighted by Crippen LogP contribution is 2.30. The van der Waals surface area contributed by atoms with Crippen LogP contribution in [0.1, 0.15) is 30.1 Å². The predicted molar refractivity (Wildman–Crippen MR) is 102 cm³/mol. The first-order chi connectivity index (χ1) is 11.6. The van der Waals surface area contributed by atoms with E-state index < -0.39 is 0 Å². The molecule has 3 aromatic rings. The van der Waals surface area contributed by atoms with Crippen molar-refractivity contribution in [2.75, 3.05) is 0 Å². The van der Waals surface area contributed by atoms with Crippen molar-refractivity contribution in [3.05, 3.63) is 50.9 Å². The fourth-order valence-corrected chi connectivity index (χ4v) is 4.67. The van der Waals surface area contributed by atoms with Crippen LogP contribution in [0.3, 0.4) is 0 Å². The zero-order chi connectivity index (χ0) is 16.9. The van der Waals surface area contributed by atoms with E-state index in [0.29, 0.717) is 5.19 Å². The third kappa shape index (κ3) is 5.17. The van der Waals surface area contributed by atoms with Gasteiger partial charge >= 0.3 is 0 Å². The summed E-state index contributed by atoms with van der Waals surface area (Å²) in [5, 5.41) is 12.8. The lowest BCUT2D eigenvalue weighted by molar-refractivity contribution is 0.239. The van der Waals surface area contributed by atoms with Crippen LogP contribution in [0.5, 0.6) is 5.19 Å². The van der Waals surface area contributed by atoms with Crippen LogP contribution in [0.15, 0.2) is 34.0 Å². The molecule has 8 heteroatoms. The number of hydrogen-bond donors (Lipinski definition) is 0. The number of thioether (sulfide) groups is 1. The fourth-order valence-electron chi connectivity index (χ4n) is 1.91. The first-order valence-corrected chi connectivity index (χ1v) is 10.4. The Bertz CT molecular complexity index is 786. The smallest absolute Gasteiger partial charge is 0.295 e. The molecule has 0 atom stereocenters. The Morgan fingerprint density at radius 3 is 2.75 bits per heavy atom. The molecule has 0 aliphatic carbocycles. The third-order valence-electron chi connectivity index (χ3n) is 2.94. The fraction of sp³-hybridized carbons (Fsp3) is 0.312. The maximum atomic E-state index is 5.91. The molecule has 0 amide bonds. The van der Waals surface area contributed by atoms with Gasteiger partial charge in [0, 0.05) is 22.6 Å². The molecule has 4 nitrogen and oxygen atoms in total. The Kier molecular flexibility index (Phi) is 6.10. The zero-order valence-corrected chi connectivity index (χ0v) is 16.4. The lowest BCUT2D eigenvalue weighted by Gasteiger charge is -2.02. The minimum absolute atomic E-state index is 0.116. The highest BCUT2D eigenvalue weighted by Gasteiger charge is 2.09. The summed E-state index contributed by atoms with van der Waals surface area (Å²) in [6.45, 7) is 3.96. The largest absolute Gasteiger partial charge is 0.466 e. The van der Waals surface area contributed by atoms with Gasteiger partial charge < -0.3 is 4.74 Å². The summed E-state index contributed by atoms with van der Waals surface area (Å²) in [5.41, 5.74) is 2.28.